The predicted octanol–water partition coefficient (Wildman–Crippen LogP) is 4.26. The summed E-state index contributed by atoms with van der Waals surface area (Å²) in [6.45, 7) is 1.50. The molecule has 2 aromatic rings. The molecule has 0 radical (unpaired) electrons. The summed E-state index contributed by atoms with van der Waals surface area (Å²) in [5.74, 6) is 0.124. The lowest BCUT2D eigenvalue weighted by atomic mass is 9.55. The first-order valence-corrected chi connectivity index (χ1v) is 9.46. The molecule has 134 valence electrons. The van der Waals surface area contributed by atoms with Crippen LogP contribution < -0.4 is 0 Å². The zero-order chi connectivity index (χ0) is 18.6. The van der Waals surface area contributed by atoms with Gasteiger partial charge in [-0.1, -0.05) is 85.0 Å². The third-order valence-electron chi connectivity index (χ3n) is 6.41. The second-order valence-electron chi connectivity index (χ2n) is 7.74. The van der Waals surface area contributed by atoms with Gasteiger partial charge in [-0.05, 0) is 11.1 Å². The molecule has 3 heteroatoms. The van der Waals surface area contributed by atoms with E-state index in [0.717, 1.165) is 5.56 Å². The van der Waals surface area contributed by atoms with Crippen LogP contribution in [0.5, 0.6) is 0 Å². The molecule has 1 spiro atoms. The molecule has 1 heterocycles. The first-order valence-electron chi connectivity index (χ1n) is 9.46. The van der Waals surface area contributed by atoms with E-state index < -0.39 is 5.41 Å². The predicted molar refractivity (Wildman–Crippen MR) is 104 cm³/mol. The standard InChI is InChI=1S/C24H21NO2/c1-16(26)25-22(19-10-6-3-7-11-19)21-20(17-8-4-2-5-9-17)18-12-14-24(21,15-13-18)23(25)27/h2-15,18,20-22H,1H3/t18?,20-,21-,22-,24?/m1/s1. The van der Waals surface area contributed by atoms with E-state index in [4.69, 9.17) is 0 Å². The molecule has 3 atom stereocenters. The molecule has 6 rings (SSSR count). The van der Waals surface area contributed by atoms with Crippen LogP contribution in [-0.2, 0) is 9.59 Å². The summed E-state index contributed by atoms with van der Waals surface area (Å²) in [7, 11) is 0. The number of carbonyl (C=O) groups is 2. The highest BCUT2D eigenvalue weighted by Gasteiger charge is 2.64. The van der Waals surface area contributed by atoms with E-state index >= 15 is 0 Å². The quantitative estimate of drug-likeness (QED) is 0.755. The monoisotopic (exact) mass is 355 g/mol. The highest BCUT2D eigenvalue weighted by atomic mass is 16.2. The number of carbonyl (C=O) groups excluding carboxylic acids is 2. The maximum absolute atomic E-state index is 13.5. The average Bonchev–Trinajstić information content (AvgIpc) is 2.99. The van der Waals surface area contributed by atoms with Crippen LogP contribution in [0.1, 0.15) is 30.0 Å². The van der Waals surface area contributed by atoms with Crippen molar-refractivity contribution in [3.8, 4) is 0 Å². The van der Waals surface area contributed by atoms with Crippen molar-refractivity contribution in [2.45, 2.75) is 18.9 Å². The molecule has 1 fully saturated rings. The number of amides is 2. The number of rotatable bonds is 2. The second kappa shape index (κ2) is 5.78. The minimum atomic E-state index is -0.735. The fourth-order valence-electron chi connectivity index (χ4n) is 5.35. The summed E-state index contributed by atoms with van der Waals surface area (Å²) >= 11 is 0. The van der Waals surface area contributed by atoms with Crippen LogP contribution in [0.2, 0.25) is 0 Å². The van der Waals surface area contributed by atoms with E-state index in [1.165, 1.54) is 17.4 Å². The average molecular weight is 355 g/mol. The van der Waals surface area contributed by atoms with Crippen molar-refractivity contribution in [1.82, 2.24) is 4.90 Å². The van der Waals surface area contributed by atoms with Crippen molar-refractivity contribution in [1.29, 1.82) is 0 Å². The van der Waals surface area contributed by atoms with E-state index in [0.29, 0.717) is 0 Å². The van der Waals surface area contributed by atoms with Crippen molar-refractivity contribution < 1.29 is 9.59 Å². The van der Waals surface area contributed by atoms with Gasteiger partial charge in [-0.25, -0.2) is 0 Å². The van der Waals surface area contributed by atoms with Crippen molar-refractivity contribution in [3.05, 3.63) is 96.1 Å². The molecule has 0 aromatic heterocycles. The third-order valence-corrected chi connectivity index (χ3v) is 6.41. The van der Waals surface area contributed by atoms with E-state index in [1.807, 2.05) is 48.6 Å². The summed E-state index contributed by atoms with van der Waals surface area (Å²) < 4.78 is 0. The molecule has 3 nitrogen and oxygen atoms in total. The topological polar surface area (TPSA) is 37.4 Å². The molecule has 27 heavy (non-hydrogen) atoms. The van der Waals surface area contributed by atoms with Crippen molar-refractivity contribution in [2.24, 2.45) is 17.3 Å². The van der Waals surface area contributed by atoms with Gasteiger partial charge in [0.15, 0.2) is 0 Å². The van der Waals surface area contributed by atoms with E-state index in [2.05, 4.69) is 36.4 Å². The maximum Gasteiger partial charge on any atom is 0.244 e. The zero-order valence-electron chi connectivity index (χ0n) is 15.2. The number of likely N-dealkylation sites (tertiary alicyclic amines) is 1. The Balaban J connectivity index is 1.75. The Morgan fingerprint density at radius 1 is 0.889 bits per heavy atom. The number of hydrogen-bond donors (Lipinski definition) is 0. The summed E-state index contributed by atoms with van der Waals surface area (Å²) in [6, 6.07) is 20.1. The SMILES string of the molecule is CC(=O)N1C(=O)C23C=CC(C=C2)[C@@H](c2ccccc2)[C@@H]3[C@H]1c1ccccc1. The Morgan fingerprint density at radius 2 is 1.44 bits per heavy atom. The van der Waals surface area contributed by atoms with Gasteiger partial charge in [0.05, 0.1) is 11.5 Å². The van der Waals surface area contributed by atoms with Gasteiger partial charge >= 0.3 is 0 Å². The molecule has 1 aliphatic heterocycles. The summed E-state index contributed by atoms with van der Waals surface area (Å²) in [4.78, 5) is 27.6. The Bertz CT molecular complexity index is 946. The number of benzene rings is 2. The van der Waals surface area contributed by atoms with Crippen molar-refractivity contribution in [3.63, 3.8) is 0 Å². The lowest BCUT2D eigenvalue weighted by molar-refractivity contribution is -0.144. The molecule has 2 amide bonds. The Morgan fingerprint density at radius 3 is 2.00 bits per heavy atom. The maximum atomic E-state index is 13.5. The number of allylic oxidation sites excluding steroid dienone is 2. The smallest absolute Gasteiger partial charge is 0.244 e. The van der Waals surface area contributed by atoms with Gasteiger partial charge in [-0.2, -0.15) is 0 Å². The first kappa shape index (κ1) is 16.2. The molecule has 4 aliphatic rings. The highest BCUT2D eigenvalue weighted by Crippen LogP contribution is 2.63. The van der Waals surface area contributed by atoms with Gasteiger partial charge in [0.2, 0.25) is 11.8 Å². The van der Waals surface area contributed by atoms with Gasteiger partial charge in [-0.15, -0.1) is 0 Å². The van der Waals surface area contributed by atoms with Crippen LogP contribution in [0.4, 0.5) is 0 Å². The molecule has 0 unspecified atom stereocenters. The van der Waals surface area contributed by atoms with Crippen LogP contribution in [0.15, 0.2) is 85.0 Å². The fraction of sp³-hybridized carbons (Fsp3) is 0.250. The molecule has 0 saturated carbocycles. The van der Waals surface area contributed by atoms with Crippen molar-refractivity contribution in [2.75, 3.05) is 0 Å². The zero-order valence-corrected chi connectivity index (χ0v) is 15.2. The molecular formula is C24H21NO2. The Hall–Kier alpha value is -2.94. The largest absolute Gasteiger partial charge is 0.275 e. The van der Waals surface area contributed by atoms with Crippen molar-refractivity contribution >= 4 is 11.8 Å². The molecule has 1 saturated heterocycles. The minimum absolute atomic E-state index is 0.00120. The summed E-state index contributed by atoms with van der Waals surface area (Å²) in [5, 5.41) is 0. The van der Waals surface area contributed by atoms with Crippen LogP contribution in [0, 0.1) is 17.3 Å². The number of imide groups is 1. The summed E-state index contributed by atoms with van der Waals surface area (Å²) in [5.41, 5.74) is 1.52. The number of hydrogen-bond acceptors (Lipinski definition) is 2. The van der Waals surface area contributed by atoms with Gasteiger partial charge in [0.1, 0.15) is 0 Å². The molecule has 2 bridgehead atoms. The van der Waals surface area contributed by atoms with Crippen LogP contribution in [0.3, 0.4) is 0 Å². The van der Waals surface area contributed by atoms with Crippen LogP contribution in [0.25, 0.3) is 0 Å². The molecular weight excluding hydrogens is 334 g/mol. The van der Waals surface area contributed by atoms with E-state index in [-0.39, 0.29) is 35.6 Å². The Kier molecular flexibility index (Phi) is 3.48. The van der Waals surface area contributed by atoms with Gasteiger partial charge < -0.3 is 0 Å². The lowest BCUT2D eigenvalue weighted by Crippen LogP contribution is -2.42. The van der Waals surface area contributed by atoms with Gasteiger partial charge in [-0.3, -0.25) is 14.5 Å². The van der Waals surface area contributed by atoms with Crippen LogP contribution in [-0.4, -0.2) is 16.7 Å². The minimum Gasteiger partial charge on any atom is -0.275 e. The molecule has 3 aliphatic carbocycles. The molecule has 2 aromatic carbocycles. The first-order chi connectivity index (χ1) is 13.1. The second-order valence-corrected chi connectivity index (χ2v) is 7.74. The normalized spacial score (nSPS) is 33.4. The fourth-order valence-corrected chi connectivity index (χ4v) is 5.35. The van der Waals surface area contributed by atoms with Gasteiger partial charge in [0, 0.05) is 24.7 Å². The van der Waals surface area contributed by atoms with E-state index in [1.54, 1.807) is 0 Å². The molecule has 0 N–H and O–H groups in total. The summed E-state index contributed by atoms with van der Waals surface area (Å²) in [6.07, 6.45) is 8.39. The lowest BCUT2D eigenvalue weighted by Gasteiger charge is -2.46. The van der Waals surface area contributed by atoms with E-state index in [9.17, 15) is 9.59 Å². The Labute approximate surface area is 159 Å². The van der Waals surface area contributed by atoms with Gasteiger partial charge in [0.25, 0.3) is 0 Å². The van der Waals surface area contributed by atoms with Crippen LogP contribution >= 0.6 is 0 Å². The number of nitrogens with zero attached hydrogens (tertiary/aromatic N) is 1. The highest BCUT2D eigenvalue weighted by molar-refractivity contribution is 6.03. The third kappa shape index (κ3) is 2.14.